The van der Waals surface area contributed by atoms with E-state index >= 15 is 0 Å². The molecule has 2 aromatic carbocycles. The molecule has 3 rings (SSSR count). The Bertz CT molecular complexity index is 963. The number of carbonyl (C=O) groups is 1. The zero-order valence-corrected chi connectivity index (χ0v) is 14.3. The molecule has 0 saturated heterocycles. The van der Waals surface area contributed by atoms with E-state index in [-0.39, 0.29) is 11.5 Å². The van der Waals surface area contributed by atoms with Crippen LogP contribution in [0, 0.1) is 6.92 Å². The van der Waals surface area contributed by atoms with Gasteiger partial charge in [-0.25, -0.2) is 0 Å². The second-order valence-electron chi connectivity index (χ2n) is 5.39. The topological polar surface area (TPSA) is 53.2 Å². The van der Waals surface area contributed by atoms with Gasteiger partial charge in [0.25, 0.3) is 5.91 Å². The van der Waals surface area contributed by atoms with E-state index in [4.69, 9.17) is 0 Å². The van der Waals surface area contributed by atoms with Crippen LogP contribution in [-0.4, -0.2) is 17.9 Å². The molecule has 0 fully saturated rings. The summed E-state index contributed by atoms with van der Waals surface area (Å²) in [6, 6.07) is 14.4. The maximum Gasteiger partial charge on any atom is 0.258 e. The number of hydrogen-bond acceptors (Lipinski definition) is 2. The zero-order chi connectivity index (χ0) is 16.6. The highest BCUT2D eigenvalue weighted by atomic mass is 79.9. The smallest absolute Gasteiger partial charge is 0.258 e. The molecule has 23 heavy (non-hydrogen) atoms. The van der Waals surface area contributed by atoms with Gasteiger partial charge in [-0.3, -0.25) is 9.59 Å². The third-order valence-corrected chi connectivity index (χ3v) is 4.30. The number of fused-ring (bicyclic) bond motifs is 1. The molecule has 0 unspecified atom stereocenters. The summed E-state index contributed by atoms with van der Waals surface area (Å²) in [5.74, 6) is -0.210. The number of nitrogens with zero attached hydrogens (tertiary/aromatic N) is 1. The van der Waals surface area contributed by atoms with Crippen LogP contribution in [0.1, 0.15) is 15.9 Å². The number of nitrogens with one attached hydrogen (secondary N) is 1. The van der Waals surface area contributed by atoms with E-state index in [2.05, 4.69) is 20.9 Å². The lowest BCUT2D eigenvalue weighted by molar-refractivity contribution is 0.0994. The molecule has 0 spiro atoms. The largest absolute Gasteiger partial charge is 0.322 e. The van der Waals surface area contributed by atoms with Crippen molar-refractivity contribution in [2.45, 2.75) is 6.92 Å². The van der Waals surface area contributed by atoms with E-state index < -0.39 is 0 Å². The second kappa shape index (κ2) is 6.01. The van der Waals surface area contributed by atoms with Gasteiger partial charge in [-0.2, -0.15) is 0 Å². The lowest BCUT2D eigenvalue weighted by atomic mass is 10.1. The Balaban J connectivity index is 2.11. The fraction of sp³-hybridized carbons (Fsp3) is 0.111. The lowest BCUT2D eigenvalue weighted by Gasteiger charge is -2.20. The third-order valence-electron chi connectivity index (χ3n) is 3.81. The van der Waals surface area contributed by atoms with Gasteiger partial charge in [-0.1, -0.05) is 34.1 Å². The van der Waals surface area contributed by atoms with Crippen LogP contribution in [0.4, 0.5) is 5.69 Å². The summed E-state index contributed by atoms with van der Waals surface area (Å²) in [4.78, 5) is 29.1. The monoisotopic (exact) mass is 370 g/mol. The van der Waals surface area contributed by atoms with Crippen LogP contribution >= 0.6 is 15.9 Å². The minimum atomic E-state index is -0.284. The van der Waals surface area contributed by atoms with Crippen LogP contribution in [-0.2, 0) is 0 Å². The summed E-state index contributed by atoms with van der Waals surface area (Å²) in [5, 5.41) is 0.735. The Hall–Kier alpha value is -2.40. The SMILES string of the molecule is Cc1cc(Br)ccc1N(C)C(=O)c1cc(=O)[nH]c2ccccc12. The number of anilines is 1. The average molecular weight is 371 g/mol. The van der Waals surface area contributed by atoms with Gasteiger partial charge in [0.15, 0.2) is 0 Å². The van der Waals surface area contributed by atoms with E-state index in [1.54, 1.807) is 18.0 Å². The Labute approximate surface area is 141 Å². The van der Waals surface area contributed by atoms with Crippen LogP contribution in [0.15, 0.2) is 57.8 Å². The first-order valence-corrected chi connectivity index (χ1v) is 7.93. The Morgan fingerprint density at radius 1 is 1.13 bits per heavy atom. The number of aromatic nitrogens is 1. The van der Waals surface area contributed by atoms with E-state index in [1.165, 1.54) is 6.07 Å². The minimum Gasteiger partial charge on any atom is -0.322 e. The van der Waals surface area contributed by atoms with Gasteiger partial charge in [0, 0.05) is 34.2 Å². The van der Waals surface area contributed by atoms with Crippen molar-refractivity contribution in [1.82, 2.24) is 4.98 Å². The zero-order valence-electron chi connectivity index (χ0n) is 12.8. The second-order valence-corrected chi connectivity index (χ2v) is 6.30. The van der Waals surface area contributed by atoms with Crippen LogP contribution in [0.3, 0.4) is 0 Å². The first kappa shape index (κ1) is 15.5. The molecule has 0 saturated carbocycles. The van der Waals surface area contributed by atoms with E-state index in [0.29, 0.717) is 11.1 Å². The predicted molar refractivity (Wildman–Crippen MR) is 96.2 cm³/mol. The number of rotatable bonds is 2. The number of carbonyl (C=O) groups excluding carboxylic acids is 1. The van der Waals surface area contributed by atoms with E-state index in [0.717, 1.165) is 21.1 Å². The predicted octanol–water partition coefficient (Wildman–Crippen LogP) is 3.88. The Morgan fingerprint density at radius 3 is 2.61 bits per heavy atom. The van der Waals surface area contributed by atoms with Crippen molar-refractivity contribution in [2.24, 2.45) is 0 Å². The number of benzene rings is 2. The molecular formula is C18H15BrN2O2. The normalized spacial score (nSPS) is 10.7. The molecule has 116 valence electrons. The fourth-order valence-corrected chi connectivity index (χ4v) is 3.14. The van der Waals surface area contributed by atoms with Gasteiger partial charge in [0.1, 0.15) is 0 Å². The molecule has 0 aliphatic rings. The molecule has 1 N–H and O–H groups in total. The summed E-state index contributed by atoms with van der Waals surface area (Å²) >= 11 is 3.42. The maximum absolute atomic E-state index is 12.9. The molecule has 1 aromatic heterocycles. The Kier molecular flexibility index (Phi) is 4.05. The molecule has 0 atom stereocenters. The van der Waals surface area contributed by atoms with Crippen LogP contribution in [0.2, 0.25) is 0 Å². The molecule has 0 radical (unpaired) electrons. The molecule has 3 aromatic rings. The fourth-order valence-electron chi connectivity index (χ4n) is 2.67. The minimum absolute atomic E-state index is 0.210. The molecule has 0 aliphatic carbocycles. The lowest BCUT2D eigenvalue weighted by Crippen LogP contribution is -2.28. The highest BCUT2D eigenvalue weighted by Gasteiger charge is 2.18. The highest BCUT2D eigenvalue weighted by molar-refractivity contribution is 9.10. The highest BCUT2D eigenvalue weighted by Crippen LogP contribution is 2.25. The van der Waals surface area contributed by atoms with Gasteiger partial charge >= 0.3 is 0 Å². The van der Waals surface area contributed by atoms with Gasteiger partial charge in [-0.05, 0) is 36.8 Å². The number of amides is 1. The van der Waals surface area contributed by atoms with Crippen molar-refractivity contribution in [2.75, 3.05) is 11.9 Å². The molecule has 0 bridgehead atoms. The quantitative estimate of drug-likeness (QED) is 0.744. The number of aromatic amines is 1. The van der Waals surface area contributed by atoms with Gasteiger partial charge in [0.2, 0.25) is 5.56 Å². The summed E-state index contributed by atoms with van der Waals surface area (Å²) < 4.78 is 0.959. The van der Waals surface area contributed by atoms with E-state index in [1.807, 2.05) is 43.3 Å². The number of aryl methyl sites for hydroxylation is 1. The first-order valence-electron chi connectivity index (χ1n) is 7.13. The summed E-state index contributed by atoms with van der Waals surface area (Å²) in [6.07, 6.45) is 0. The molecule has 0 aliphatic heterocycles. The summed E-state index contributed by atoms with van der Waals surface area (Å²) in [7, 11) is 1.72. The first-order chi connectivity index (χ1) is 11.0. The van der Waals surface area contributed by atoms with Crippen LogP contribution in [0.25, 0.3) is 10.9 Å². The molecule has 1 heterocycles. The average Bonchev–Trinajstić information content (AvgIpc) is 2.52. The van der Waals surface area contributed by atoms with Crippen molar-refractivity contribution in [3.8, 4) is 0 Å². The number of halogens is 1. The number of hydrogen-bond donors (Lipinski definition) is 1. The number of pyridine rings is 1. The van der Waals surface area contributed by atoms with Gasteiger partial charge in [0.05, 0.1) is 5.56 Å². The van der Waals surface area contributed by atoms with Crippen molar-refractivity contribution in [3.05, 3.63) is 74.5 Å². The van der Waals surface area contributed by atoms with Crippen LogP contribution < -0.4 is 10.5 Å². The molecular weight excluding hydrogens is 356 g/mol. The van der Waals surface area contributed by atoms with Crippen LogP contribution in [0.5, 0.6) is 0 Å². The van der Waals surface area contributed by atoms with Gasteiger partial charge < -0.3 is 9.88 Å². The molecule has 5 heteroatoms. The number of para-hydroxylation sites is 1. The maximum atomic E-state index is 12.9. The molecule has 1 amide bonds. The third kappa shape index (κ3) is 2.92. The molecule has 4 nitrogen and oxygen atoms in total. The Morgan fingerprint density at radius 2 is 1.87 bits per heavy atom. The van der Waals surface area contributed by atoms with Crippen molar-refractivity contribution in [1.29, 1.82) is 0 Å². The summed E-state index contributed by atoms with van der Waals surface area (Å²) in [5.41, 5.74) is 2.55. The van der Waals surface area contributed by atoms with Gasteiger partial charge in [-0.15, -0.1) is 0 Å². The standard InChI is InChI=1S/C18H15BrN2O2/c1-11-9-12(19)7-8-16(11)21(2)18(23)14-10-17(22)20-15-6-4-3-5-13(14)15/h3-10H,1-2H3,(H,20,22). The van der Waals surface area contributed by atoms with E-state index in [9.17, 15) is 9.59 Å². The summed E-state index contributed by atoms with van der Waals surface area (Å²) in [6.45, 7) is 1.94. The van der Waals surface area contributed by atoms with Crippen molar-refractivity contribution in [3.63, 3.8) is 0 Å². The number of H-pyrrole nitrogens is 1. The van der Waals surface area contributed by atoms with Crippen molar-refractivity contribution >= 4 is 38.4 Å². The van der Waals surface area contributed by atoms with Crippen molar-refractivity contribution < 1.29 is 4.79 Å².